The third-order valence-corrected chi connectivity index (χ3v) is 2.53. The molecule has 0 aliphatic heterocycles. The van der Waals surface area contributed by atoms with Crippen molar-refractivity contribution in [3.05, 3.63) is 54.6 Å². The van der Waals surface area contributed by atoms with Gasteiger partial charge in [-0.25, -0.2) is 0 Å². The maximum atomic E-state index is 9.48. The van der Waals surface area contributed by atoms with Crippen LogP contribution >= 0.6 is 0 Å². The van der Waals surface area contributed by atoms with Crippen LogP contribution in [0.5, 0.6) is 5.75 Å². The molecule has 0 amide bonds. The monoisotopic (exact) mass is 213 g/mol. The van der Waals surface area contributed by atoms with Gasteiger partial charge in [0.05, 0.1) is 0 Å². The Balaban J connectivity index is 2.37. The number of anilines is 2. The lowest BCUT2D eigenvalue weighted by Gasteiger charge is -2.23. The summed E-state index contributed by atoms with van der Waals surface area (Å²) in [4.78, 5) is 2.15. The van der Waals surface area contributed by atoms with Crippen LogP contribution in [0, 0.1) is 0 Å². The van der Waals surface area contributed by atoms with Crippen LogP contribution in [0.2, 0.25) is 0 Å². The zero-order valence-corrected chi connectivity index (χ0v) is 9.30. The van der Waals surface area contributed by atoms with Gasteiger partial charge in [-0.05, 0) is 31.2 Å². The SMILES string of the molecule is CCN(c1ccccc1)c1cccc(O)c1. The molecule has 0 fully saturated rings. The number of para-hydroxylation sites is 1. The molecular formula is C14H15NO. The minimum atomic E-state index is 0.298. The molecule has 2 aromatic rings. The van der Waals surface area contributed by atoms with E-state index in [4.69, 9.17) is 0 Å². The Bertz CT molecular complexity index is 453. The van der Waals surface area contributed by atoms with Crippen LogP contribution < -0.4 is 4.90 Å². The van der Waals surface area contributed by atoms with E-state index in [-0.39, 0.29) is 0 Å². The third-order valence-electron chi connectivity index (χ3n) is 2.53. The predicted octanol–water partition coefficient (Wildman–Crippen LogP) is 3.55. The number of phenols is 1. The molecule has 0 atom stereocenters. The van der Waals surface area contributed by atoms with Gasteiger partial charge in [0.15, 0.2) is 0 Å². The number of hydrogen-bond donors (Lipinski definition) is 1. The number of benzene rings is 2. The summed E-state index contributed by atoms with van der Waals surface area (Å²) in [5.74, 6) is 0.298. The minimum Gasteiger partial charge on any atom is -0.508 e. The molecule has 0 aromatic heterocycles. The molecule has 0 saturated heterocycles. The normalized spacial score (nSPS) is 10.1. The molecule has 0 aliphatic rings. The first-order valence-corrected chi connectivity index (χ1v) is 5.43. The average molecular weight is 213 g/mol. The van der Waals surface area contributed by atoms with Gasteiger partial charge in [0.1, 0.15) is 5.75 Å². The van der Waals surface area contributed by atoms with Crippen molar-refractivity contribution in [2.75, 3.05) is 11.4 Å². The summed E-state index contributed by atoms with van der Waals surface area (Å²) >= 11 is 0. The minimum absolute atomic E-state index is 0.298. The first kappa shape index (κ1) is 10.6. The topological polar surface area (TPSA) is 23.5 Å². The molecular weight excluding hydrogens is 198 g/mol. The van der Waals surface area contributed by atoms with Crippen molar-refractivity contribution in [1.82, 2.24) is 0 Å². The Morgan fingerprint density at radius 3 is 2.25 bits per heavy atom. The highest BCUT2D eigenvalue weighted by atomic mass is 16.3. The zero-order valence-electron chi connectivity index (χ0n) is 9.30. The van der Waals surface area contributed by atoms with Crippen molar-refractivity contribution in [3.63, 3.8) is 0 Å². The van der Waals surface area contributed by atoms with Gasteiger partial charge in [0.2, 0.25) is 0 Å². The summed E-state index contributed by atoms with van der Waals surface area (Å²) < 4.78 is 0. The quantitative estimate of drug-likeness (QED) is 0.842. The van der Waals surface area contributed by atoms with E-state index >= 15 is 0 Å². The van der Waals surface area contributed by atoms with Crippen LogP contribution in [0.3, 0.4) is 0 Å². The van der Waals surface area contributed by atoms with E-state index in [0.29, 0.717) is 5.75 Å². The second-order valence-corrected chi connectivity index (χ2v) is 3.60. The molecule has 0 saturated carbocycles. The van der Waals surface area contributed by atoms with Crippen molar-refractivity contribution in [3.8, 4) is 5.75 Å². The molecule has 82 valence electrons. The Hall–Kier alpha value is -1.96. The van der Waals surface area contributed by atoms with E-state index in [1.807, 2.05) is 30.3 Å². The summed E-state index contributed by atoms with van der Waals surface area (Å²) in [5, 5.41) is 9.48. The highest BCUT2D eigenvalue weighted by molar-refractivity contribution is 5.64. The van der Waals surface area contributed by atoms with Gasteiger partial charge in [-0.3, -0.25) is 0 Å². The largest absolute Gasteiger partial charge is 0.508 e. The maximum absolute atomic E-state index is 9.48. The Labute approximate surface area is 95.8 Å². The molecule has 2 nitrogen and oxygen atoms in total. The van der Waals surface area contributed by atoms with Gasteiger partial charge in [0, 0.05) is 24.0 Å². The molecule has 0 spiro atoms. The van der Waals surface area contributed by atoms with Crippen molar-refractivity contribution in [1.29, 1.82) is 0 Å². The number of hydrogen-bond acceptors (Lipinski definition) is 2. The second-order valence-electron chi connectivity index (χ2n) is 3.60. The van der Waals surface area contributed by atoms with E-state index in [1.165, 1.54) is 0 Å². The maximum Gasteiger partial charge on any atom is 0.117 e. The van der Waals surface area contributed by atoms with Crippen molar-refractivity contribution in [2.45, 2.75) is 6.92 Å². The van der Waals surface area contributed by atoms with E-state index in [1.54, 1.807) is 12.1 Å². The number of phenolic OH excluding ortho intramolecular Hbond substituents is 1. The molecule has 16 heavy (non-hydrogen) atoms. The van der Waals surface area contributed by atoms with E-state index in [2.05, 4.69) is 24.0 Å². The molecule has 2 rings (SSSR count). The van der Waals surface area contributed by atoms with Gasteiger partial charge in [-0.2, -0.15) is 0 Å². The van der Waals surface area contributed by atoms with E-state index in [0.717, 1.165) is 17.9 Å². The zero-order chi connectivity index (χ0) is 11.4. The molecule has 2 heteroatoms. The van der Waals surface area contributed by atoms with Crippen LogP contribution in [-0.4, -0.2) is 11.7 Å². The Morgan fingerprint density at radius 1 is 0.938 bits per heavy atom. The fourth-order valence-electron chi connectivity index (χ4n) is 1.78. The van der Waals surface area contributed by atoms with Crippen LogP contribution in [0.4, 0.5) is 11.4 Å². The fourth-order valence-corrected chi connectivity index (χ4v) is 1.78. The number of aromatic hydroxyl groups is 1. The van der Waals surface area contributed by atoms with Crippen LogP contribution in [0.15, 0.2) is 54.6 Å². The standard InChI is InChI=1S/C14H15NO/c1-2-15(12-7-4-3-5-8-12)13-9-6-10-14(16)11-13/h3-11,16H,2H2,1H3. The van der Waals surface area contributed by atoms with Crippen molar-refractivity contribution < 1.29 is 5.11 Å². The summed E-state index contributed by atoms with van der Waals surface area (Å²) in [7, 11) is 0. The van der Waals surface area contributed by atoms with Crippen LogP contribution in [0.1, 0.15) is 6.92 Å². The highest BCUT2D eigenvalue weighted by Crippen LogP contribution is 2.27. The van der Waals surface area contributed by atoms with Crippen molar-refractivity contribution in [2.24, 2.45) is 0 Å². The van der Waals surface area contributed by atoms with E-state index < -0.39 is 0 Å². The second kappa shape index (κ2) is 4.71. The molecule has 0 aliphatic carbocycles. The summed E-state index contributed by atoms with van der Waals surface area (Å²) in [6.45, 7) is 2.96. The summed E-state index contributed by atoms with van der Waals surface area (Å²) in [6, 6.07) is 17.5. The van der Waals surface area contributed by atoms with Crippen molar-refractivity contribution >= 4 is 11.4 Å². The van der Waals surface area contributed by atoms with Gasteiger partial charge in [-0.15, -0.1) is 0 Å². The first-order valence-electron chi connectivity index (χ1n) is 5.43. The lowest BCUT2D eigenvalue weighted by molar-refractivity contribution is 0.475. The predicted molar refractivity (Wildman–Crippen MR) is 67.2 cm³/mol. The molecule has 2 aromatic carbocycles. The van der Waals surface area contributed by atoms with Crippen LogP contribution in [-0.2, 0) is 0 Å². The van der Waals surface area contributed by atoms with Gasteiger partial charge >= 0.3 is 0 Å². The lowest BCUT2D eigenvalue weighted by Crippen LogP contribution is -2.15. The highest BCUT2D eigenvalue weighted by Gasteiger charge is 2.06. The average Bonchev–Trinajstić information content (AvgIpc) is 2.31. The number of nitrogens with zero attached hydrogens (tertiary/aromatic N) is 1. The third kappa shape index (κ3) is 2.16. The molecule has 0 heterocycles. The molecule has 1 N–H and O–H groups in total. The summed E-state index contributed by atoms with van der Waals surface area (Å²) in [6.07, 6.45) is 0. The molecule has 0 unspecified atom stereocenters. The van der Waals surface area contributed by atoms with Gasteiger partial charge in [-0.1, -0.05) is 24.3 Å². The number of rotatable bonds is 3. The smallest absolute Gasteiger partial charge is 0.117 e. The lowest BCUT2D eigenvalue weighted by atomic mass is 10.2. The Kier molecular flexibility index (Phi) is 3.10. The fraction of sp³-hybridized carbons (Fsp3) is 0.143. The first-order chi connectivity index (χ1) is 7.81. The Morgan fingerprint density at radius 2 is 1.62 bits per heavy atom. The van der Waals surface area contributed by atoms with Gasteiger partial charge < -0.3 is 10.0 Å². The van der Waals surface area contributed by atoms with Gasteiger partial charge in [0.25, 0.3) is 0 Å². The molecule has 0 radical (unpaired) electrons. The summed E-state index contributed by atoms with van der Waals surface area (Å²) in [5.41, 5.74) is 2.14. The van der Waals surface area contributed by atoms with Crippen LogP contribution in [0.25, 0.3) is 0 Å². The molecule has 0 bridgehead atoms. The van der Waals surface area contributed by atoms with E-state index in [9.17, 15) is 5.11 Å².